The Bertz CT molecular complexity index is 1840. The van der Waals surface area contributed by atoms with Crippen molar-refractivity contribution in [2.45, 2.75) is 44.3 Å². The predicted molar refractivity (Wildman–Crippen MR) is 155 cm³/mol. The van der Waals surface area contributed by atoms with E-state index >= 15 is 4.39 Å². The quantitative estimate of drug-likeness (QED) is 0.211. The predicted octanol–water partition coefficient (Wildman–Crippen LogP) is 7.14. The van der Waals surface area contributed by atoms with Crippen LogP contribution < -0.4 is 14.4 Å². The van der Waals surface area contributed by atoms with E-state index < -0.39 is 45.0 Å². The standard InChI is InChI=1S/C29H28F5N5O5S/c1-16-15-44-36-26(16)37-45(41,42)18-8-10-25(35-14-18)39(27(40)38(5)28(2,3)4)23-13-22(31)19(12-24(23)43-6)17-7-9-21(30)20(11-17)29(32,33)34/h7-15H,1-6H3,(H,36,37). The number of hydrogen-bond donors (Lipinski definition) is 1. The molecule has 240 valence electrons. The Labute approximate surface area is 255 Å². The van der Waals surface area contributed by atoms with E-state index in [0.717, 1.165) is 35.4 Å². The van der Waals surface area contributed by atoms with Crippen LogP contribution in [0, 0.1) is 18.6 Å². The van der Waals surface area contributed by atoms with E-state index in [1.165, 1.54) is 31.4 Å². The van der Waals surface area contributed by atoms with Crippen LogP contribution >= 0.6 is 0 Å². The molecule has 0 saturated carbocycles. The number of urea groups is 1. The summed E-state index contributed by atoms with van der Waals surface area (Å²) in [6, 6.07) is 5.59. The van der Waals surface area contributed by atoms with E-state index in [1.54, 1.807) is 27.7 Å². The molecule has 0 aliphatic heterocycles. The van der Waals surface area contributed by atoms with Crippen molar-refractivity contribution in [3.05, 3.63) is 77.7 Å². The highest BCUT2D eigenvalue weighted by atomic mass is 32.2. The Kier molecular flexibility index (Phi) is 8.83. The van der Waals surface area contributed by atoms with E-state index in [2.05, 4.69) is 14.9 Å². The highest BCUT2D eigenvalue weighted by Crippen LogP contribution is 2.41. The largest absolute Gasteiger partial charge is 0.495 e. The summed E-state index contributed by atoms with van der Waals surface area (Å²) in [7, 11) is -1.51. The average molecular weight is 654 g/mol. The van der Waals surface area contributed by atoms with Gasteiger partial charge in [-0.25, -0.2) is 31.9 Å². The van der Waals surface area contributed by atoms with Crippen molar-refractivity contribution in [3.63, 3.8) is 0 Å². The van der Waals surface area contributed by atoms with Crippen LogP contribution in [0.4, 0.5) is 44.1 Å². The van der Waals surface area contributed by atoms with Crippen LogP contribution in [-0.2, 0) is 16.2 Å². The van der Waals surface area contributed by atoms with Gasteiger partial charge in [-0.3, -0.25) is 4.72 Å². The molecule has 0 atom stereocenters. The fraction of sp³-hybridized carbons (Fsp3) is 0.276. The molecule has 0 fully saturated rings. The lowest BCUT2D eigenvalue weighted by Gasteiger charge is -2.36. The number of pyridine rings is 1. The van der Waals surface area contributed by atoms with Crippen LogP contribution in [0.15, 0.2) is 64.3 Å². The molecular weight excluding hydrogens is 625 g/mol. The van der Waals surface area contributed by atoms with Gasteiger partial charge in [-0.15, -0.1) is 0 Å². The molecule has 0 saturated heterocycles. The van der Waals surface area contributed by atoms with Crippen LogP contribution in [-0.4, -0.2) is 49.2 Å². The van der Waals surface area contributed by atoms with Crippen molar-refractivity contribution in [1.82, 2.24) is 15.0 Å². The number of nitrogens with one attached hydrogen (secondary N) is 1. The maximum absolute atomic E-state index is 15.7. The number of aromatic nitrogens is 2. The number of aryl methyl sites for hydroxylation is 1. The summed E-state index contributed by atoms with van der Waals surface area (Å²) >= 11 is 0. The first kappa shape index (κ1) is 33.2. The molecule has 2 aromatic carbocycles. The Morgan fingerprint density at radius 1 is 1.02 bits per heavy atom. The van der Waals surface area contributed by atoms with Crippen LogP contribution in [0.2, 0.25) is 0 Å². The number of ether oxygens (including phenoxy) is 1. The monoisotopic (exact) mass is 653 g/mol. The van der Waals surface area contributed by atoms with Crippen LogP contribution in [0.1, 0.15) is 31.9 Å². The molecule has 2 amide bonds. The number of anilines is 3. The Morgan fingerprint density at radius 3 is 2.24 bits per heavy atom. The average Bonchev–Trinajstić information content (AvgIpc) is 3.35. The fourth-order valence-corrected chi connectivity index (χ4v) is 5.02. The van der Waals surface area contributed by atoms with E-state index in [-0.39, 0.29) is 39.1 Å². The van der Waals surface area contributed by atoms with Gasteiger partial charge in [0.15, 0.2) is 5.82 Å². The molecule has 45 heavy (non-hydrogen) atoms. The zero-order valence-electron chi connectivity index (χ0n) is 24.8. The number of carbonyl (C=O) groups excluding carboxylic acids is 1. The topological polar surface area (TPSA) is 118 Å². The minimum Gasteiger partial charge on any atom is -0.495 e. The van der Waals surface area contributed by atoms with Gasteiger partial charge < -0.3 is 14.2 Å². The summed E-state index contributed by atoms with van der Waals surface area (Å²) in [5, 5.41) is 3.59. The number of hydrogen-bond acceptors (Lipinski definition) is 7. The molecule has 2 aromatic heterocycles. The number of rotatable bonds is 7. The van der Waals surface area contributed by atoms with Gasteiger partial charge in [0.1, 0.15) is 34.4 Å². The molecule has 0 unspecified atom stereocenters. The second-order valence-electron chi connectivity index (χ2n) is 10.8. The molecule has 2 heterocycles. The third-order valence-corrected chi connectivity index (χ3v) is 8.14. The summed E-state index contributed by atoms with van der Waals surface area (Å²) in [6.45, 7) is 6.78. The lowest BCUT2D eigenvalue weighted by Crippen LogP contribution is -2.48. The van der Waals surface area contributed by atoms with Gasteiger partial charge >= 0.3 is 12.2 Å². The number of carbonyl (C=O) groups is 1. The van der Waals surface area contributed by atoms with Gasteiger partial charge in [0.05, 0.1) is 18.4 Å². The number of nitrogens with zero attached hydrogens (tertiary/aromatic N) is 4. The smallest absolute Gasteiger partial charge is 0.419 e. The third-order valence-electron chi connectivity index (χ3n) is 6.81. The second-order valence-corrected chi connectivity index (χ2v) is 12.5. The Morgan fingerprint density at radius 2 is 1.71 bits per heavy atom. The SMILES string of the molecule is COc1cc(-c2ccc(F)c(C(F)(F)F)c2)c(F)cc1N(C(=O)N(C)C(C)(C)C)c1ccc(S(=O)(=O)Nc2nocc2C)cn1. The lowest BCUT2D eigenvalue weighted by molar-refractivity contribution is -0.139. The van der Waals surface area contributed by atoms with Crippen LogP contribution in [0.3, 0.4) is 0 Å². The number of alkyl halides is 3. The first-order valence-corrected chi connectivity index (χ1v) is 14.6. The summed E-state index contributed by atoms with van der Waals surface area (Å²) in [4.78, 5) is 20.0. The minimum atomic E-state index is -5.03. The third kappa shape index (κ3) is 6.84. The molecular formula is C29H28F5N5O5S. The van der Waals surface area contributed by atoms with Gasteiger partial charge in [-0.05, 0) is 63.6 Å². The van der Waals surface area contributed by atoms with Gasteiger partial charge in [0.25, 0.3) is 10.0 Å². The van der Waals surface area contributed by atoms with Crippen molar-refractivity contribution >= 4 is 33.4 Å². The normalized spacial score (nSPS) is 12.2. The maximum Gasteiger partial charge on any atom is 0.419 e. The number of sulfonamides is 1. The molecule has 10 nitrogen and oxygen atoms in total. The summed E-state index contributed by atoms with van der Waals surface area (Å²) < 4.78 is 108. The Balaban J connectivity index is 1.84. The highest BCUT2D eigenvalue weighted by Gasteiger charge is 2.35. The summed E-state index contributed by atoms with van der Waals surface area (Å²) in [5.74, 6) is -2.92. The van der Waals surface area contributed by atoms with Crippen molar-refractivity contribution < 1.29 is 44.4 Å². The van der Waals surface area contributed by atoms with Crippen molar-refractivity contribution in [2.24, 2.45) is 0 Å². The van der Waals surface area contributed by atoms with E-state index in [1.807, 2.05) is 0 Å². The molecule has 0 aliphatic carbocycles. The fourth-order valence-electron chi connectivity index (χ4n) is 4.01. The van der Waals surface area contributed by atoms with Crippen molar-refractivity contribution in [3.8, 4) is 16.9 Å². The second kappa shape index (κ2) is 12.0. The van der Waals surface area contributed by atoms with Crippen molar-refractivity contribution in [2.75, 3.05) is 23.8 Å². The highest BCUT2D eigenvalue weighted by molar-refractivity contribution is 7.92. The molecule has 4 aromatic rings. The molecule has 16 heteroatoms. The van der Waals surface area contributed by atoms with E-state index in [9.17, 15) is 30.8 Å². The lowest BCUT2D eigenvalue weighted by atomic mass is 10.0. The summed E-state index contributed by atoms with van der Waals surface area (Å²) in [6.07, 6.45) is -2.81. The maximum atomic E-state index is 15.7. The van der Waals surface area contributed by atoms with Gasteiger partial charge in [0, 0.05) is 36.0 Å². The molecule has 0 spiro atoms. The first-order chi connectivity index (χ1) is 20.8. The molecule has 1 N–H and O–H groups in total. The molecule has 4 rings (SSSR count). The van der Waals surface area contributed by atoms with E-state index in [0.29, 0.717) is 17.7 Å². The molecule has 0 radical (unpaired) electrons. The van der Waals surface area contributed by atoms with Gasteiger partial charge in [-0.1, -0.05) is 11.2 Å². The number of benzene rings is 2. The van der Waals surface area contributed by atoms with E-state index in [4.69, 9.17) is 9.26 Å². The van der Waals surface area contributed by atoms with Crippen LogP contribution in [0.25, 0.3) is 11.1 Å². The summed E-state index contributed by atoms with van der Waals surface area (Å²) in [5.41, 5.74) is -2.76. The van der Waals surface area contributed by atoms with Crippen LogP contribution in [0.5, 0.6) is 5.75 Å². The van der Waals surface area contributed by atoms with Crippen molar-refractivity contribution in [1.29, 1.82) is 0 Å². The first-order valence-electron chi connectivity index (χ1n) is 13.1. The number of amides is 2. The zero-order chi connectivity index (χ0) is 33.5. The van der Waals surface area contributed by atoms with Gasteiger partial charge in [-0.2, -0.15) is 13.2 Å². The minimum absolute atomic E-state index is 0.0357. The molecule has 0 bridgehead atoms. The Hall–Kier alpha value is -4.73. The zero-order valence-corrected chi connectivity index (χ0v) is 25.6. The molecule has 0 aliphatic rings. The van der Waals surface area contributed by atoms with Gasteiger partial charge in [0.2, 0.25) is 0 Å². The number of halogens is 5. The number of methoxy groups -OCH3 is 1.